The van der Waals surface area contributed by atoms with Gasteiger partial charge in [0, 0.05) is 28.3 Å². The third-order valence-corrected chi connectivity index (χ3v) is 6.08. The standard InChI is InChI=1S/C30H20N2O5.ClH/c1-35-23-14-15-27-25(17-23)32-29(36-27)20-10-12-22(13-11-20)31-28(33)19-8-6-18(7-9-19)24-16-21-4-2-3-5-26(21)37-30(24)34;/h2-17H,1H3,(H,31,33);1H. The Morgan fingerprint density at radius 3 is 2.32 bits per heavy atom. The zero-order valence-electron chi connectivity index (χ0n) is 20.1. The second kappa shape index (κ2) is 10.2. The molecule has 8 heteroatoms. The number of hydrogen-bond donors (Lipinski definition) is 1. The molecule has 0 atom stereocenters. The van der Waals surface area contributed by atoms with E-state index < -0.39 is 5.63 Å². The molecule has 1 amide bonds. The summed E-state index contributed by atoms with van der Waals surface area (Å²) in [4.78, 5) is 29.8. The molecule has 0 saturated carbocycles. The highest BCUT2D eigenvalue weighted by molar-refractivity contribution is 6.04. The first-order valence-electron chi connectivity index (χ1n) is 11.6. The fraction of sp³-hybridized carbons (Fsp3) is 0.0333. The minimum atomic E-state index is -0.422. The first-order chi connectivity index (χ1) is 18.1. The molecule has 2 aromatic heterocycles. The van der Waals surface area contributed by atoms with Crippen molar-refractivity contribution in [1.29, 1.82) is 0 Å². The Kier molecular flexibility index (Phi) is 6.68. The molecule has 0 fully saturated rings. The number of hydrogen-bond acceptors (Lipinski definition) is 6. The summed E-state index contributed by atoms with van der Waals surface area (Å²) in [5, 5.41) is 3.72. The first-order valence-corrected chi connectivity index (χ1v) is 11.6. The molecule has 0 aliphatic heterocycles. The van der Waals surface area contributed by atoms with E-state index in [9.17, 15) is 9.59 Å². The van der Waals surface area contributed by atoms with Crippen LogP contribution in [0.2, 0.25) is 0 Å². The topological polar surface area (TPSA) is 94.6 Å². The van der Waals surface area contributed by atoms with Gasteiger partial charge in [-0.15, -0.1) is 12.4 Å². The summed E-state index contributed by atoms with van der Waals surface area (Å²) in [6.45, 7) is 0. The van der Waals surface area contributed by atoms with Crippen LogP contribution >= 0.6 is 12.4 Å². The lowest BCUT2D eigenvalue weighted by molar-refractivity contribution is 0.102. The van der Waals surface area contributed by atoms with E-state index in [1.165, 1.54) is 0 Å². The van der Waals surface area contributed by atoms with Crippen molar-refractivity contribution in [2.24, 2.45) is 0 Å². The monoisotopic (exact) mass is 524 g/mol. The minimum Gasteiger partial charge on any atom is -0.497 e. The number of rotatable bonds is 5. The van der Waals surface area contributed by atoms with Crippen LogP contribution in [0.25, 0.3) is 44.7 Å². The molecule has 0 spiro atoms. The molecule has 2 heterocycles. The van der Waals surface area contributed by atoms with Gasteiger partial charge in [-0.1, -0.05) is 30.3 Å². The fourth-order valence-corrected chi connectivity index (χ4v) is 4.12. The van der Waals surface area contributed by atoms with E-state index in [0.29, 0.717) is 50.7 Å². The predicted octanol–water partition coefficient (Wildman–Crippen LogP) is 6.95. The van der Waals surface area contributed by atoms with Gasteiger partial charge >= 0.3 is 5.63 Å². The summed E-state index contributed by atoms with van der Waals surface area (Å²) in [6.07, 6.45) is 0. The largest absolute Gasteiger partial charge is 0.497 e. The number of carbonyl (C=O) groups excluding carboxylic acids is 1. The Morgan fingerprint density at radius 2 is 1.55 bits per heavy atom. The predicted molar refractivity (Wildman–Crippen MR) is 149 cm³/mol. The maximum atomic E-state index is 12.8. The van der Waals surface area contributed by atoms with Gasteiger partial charge in [-0.05, 0) is 66.2 Å². The number of nitrogens with one attached hydrogen (secondary N) is 1. The van der Waals surface area contributed by atoms with Crippen molar-refractivity contribution in [1.82, 2.24) is 4.98 Å². The lowest BCUT2D eigenvalue weighted by Gasteiger charge is -2.07. The molecule has 0 bridgehead atoms. The number of carbonyl (C=O) groups is 1. The van der Waals surface area contributed by atoms with Gasteiger partial charge in [0.2, 0.25) is 5.89 Å². The normalized spacial score (nSPS) is 10.8. The molecule has 7 nitrogen and oxygen atoms in total. The number of anilines is 1. The van der Waals surface area contributed by atoms with Crippen molar-refractivity contribution < 1.29 is 18.4 Å². The van der Waals surface area contributed by atoms with Crippen LogP contribution in [0.4, 0.5) is 5.69 Å². The van der Waals surface area contributed by atoms with Crippen molar-refractivity contribution in [3.63, 3.8) is 0 Å². The maximum Gasteiger partial charge on any atom is 0.344 e. The highest BCUT2D eigenvalue weighted by atomic mass is 35.5. The zero-order valence-corrected chi connectivity index (χ0v) is 21.0. The Balaban J connectivity index is 0.00000294. The summed E-state index contributed by atoms with van der Waals surface area (Å²) in [7, 11) is 1.60. The highest BCUT2D eigenvalue weighted by Gasteiger charge is 2.12. The fourth-order valence-electron chi connectivity index (χ4n) is 4.12. The molecular weight excluding hydrogens is 504 g/mol. The summed E-state index contributed by atoms with van der Waals surface area (Å²) < 4.78 is 16.5. The van der Waals surface area contributed by atoms with Crippen LogP contribution in [0.1, 0.15) is 10.4 Å². The Bertz CT molecular complexity index is 1820. The highest BCUT2D eigenvalue weighted by Crippen LogP contribution is 2.28. The number of nitrogens with zero attached hydrogens (tertiary/aromatic N) is 1. The second-order valence-electron chi connectivity index (χ2n) is 8.45. The molecule has 6 rings (SSSR count). The molecule has 0 radical (unpaired) electrons. The van der Waals surface area contributed by atoms with Crippen molar-refractivity contribution in [3.8, 4) is 28.3 Å². The van der Waals surface area contributed by atoms with E-state index in [-0.39, 0.29) is 18.3 Å². The van der Waals surface area contributed by atoms with Gasteiger partial charge in [0.1, 0.15) is 16.8 Å². The van der Waals surface area contributed by atoms with E-state index in [1.54, 1.807) is 55.6 Å². The van der Waals surface area contributed by atoms with E-state index >= 15 is 0 Å². The van der Waals surface area contributed by atoms with Crippen molar-refractivity contribution >= 4 is 46.1 Å². The second-order valence-corrected chi connectivity index (χ2v) is 8.45. The van der Waals surface area contributed by atoms with Gasteiger partial charge in [0.15, 0.2) is 5.58 Å². The van der Waals surface area contributed by atoms with Crippen LogP contribution in [0.15, 0.2) is 111 Å². The van der Waals surface area contributed by atoms with Crippen LogP contribution in [0.5, 0.6) is 5.75 Å². The third-order valence-electron chi connectivity index (χ3n) is 6.08. The van der Waals surface area contributed by atoms with Gasteiger partial charge in [-0.3, -0.25) is 4.79 Å². The number of ether oxygens (including phenoxy) is 1. The molecule has 6 aromatic rings. The summed E-state index contributed by atoms with van der Waals surface area (Å²) in [5.41, 5.74) is 4.48. The quantitative estimate of drug-likeness (QED) is 0.245. The average Bonchev–Trinajstić information content (AvgIpc) is 3.36. The lowest BCUT2D eigenvalue weighted by Crippen LogP contribution is -2.11. The maximum absolute atomic E-state index is 12.8. The van der Waals surface area contributed by atoms with Crippen molar-refractivity contribution in [2.45, 2.75) is 0 Å². The molecule has 0 saturated heterocycles. The molecule has 0 aliphatic rings. The molecule has 4 aromatic carbocycles. The Hall–Kier alpha value is -4.88. The third kappa shape index (κ3) is 4.75. The molecular formula is C30H21ClN2O5. The van der Waals surface area contributed by atoms with Crippen LogP contribution in [0.3, 0.4) is 0 Å². The van der Waals surface area contributed by atoms with Crippen LogP contribution < -0.4 is 15.7 Å². The van der Waals surface area contributed by atoms with Crippen LogP contribution in [-0.2, 0) is 0 Å². The molecule has 0 aliphatic carbocycles. The number of methoxy groups -OCH3 is 1. The van der Waals surface area contributed by atoms with E-state index in [0.717, 1.165) is 10.9 Å². The number of fused-ring (bicyclic) bond motifs is 2. The Morgan fingerprint density at radius 1 is 0.816 bits per heavy atom. The van der Waals surface area contributed by atoms with Gasteiger partial charge in [-0.2, -0.15) is 0 Å². The van der Waals surface area contributed by atoms with E-state index in [2.05, 4.69) is 10.3 Å². The van der Waals surface area contributed by atoms with Crippen molar-refractivity contribution in [3.05, 3.63) is 113 Å². The smallest absolute Gasteiger partial charge is 0.344 e. The number of oxazole rings is 1. The van der Waals surface area contributed by atoms with E-state index in [1.807, 2.05) is 48.5 Å². The van der Waals surface area contributed by atoms with Gasteiger partial charge in [0.25, 0.3) is 5.91 Å². The zero-order chi connectivity index (χ0) is 25.4. The van der Waals surface area contributed by atoms with Crippen LogP contribution in [-0.4, -0.2) is 18.0 Å². The number of halogens is 1. The van der Waals surface area contributed by atoms with Gasteiger partial charge in [0.05, 0.1) is 12.7 Å². The number of para-hydroxylation sites is 1. The summed E-state index contributed by atoms with van der Waals surface area (Å²) in [6, 6.07) is 28.7. The van der Waals surface area contributed by atoms with Gasteiger partial charge in [-0.25, -0.2) is 9.78 Å². The number of benzene rings is 4. The van der Waals surface area contributed by atoms with Gasteiger partial charge < -0.3 is 18.9 Å². The molecule has 188 valence electrons. The van der Waals surface area contributed by atoms with Crippen molar-refractivity contribution in [2.75, 3.05) is 12.4 Å². The molecule has 1 N–H and O–H groups in total. The molecule has 38 heavy (non-hydrogen) atoms. The lowest BCUT2D eigenvalue weighted by atomic mass is 10.0. The molecule has 0 unspecified atom stereocenters. The SMILES string of the molecule is COc1ccc2oc(-c3ccc(NC(=O)c4ccc(-c5cc6ccccc6oc5=O)cc4)cc3)nc2c1.Cl. The average molecular weight is 525 g/mol. The Labute approximate surface area is 223 Å². The number of aromatic nitrogens is 1. The van der Waals surface area contributed by atoms with E-state index in [4.69, 9.17) is 13.6 Å². The number of amides is 1. The minimum absolute atomic E-state index is 0. The summed E-state index contributed by atoms with van der Waals surface area (Å²) in [5.74, 6) is 0.924. The first kappa shape index (κ1) is 24.8. The summed E-state index contributed by atoms with van der Waals surface area (Å²) >= 11 is 0. The van der Waals surface area contributed by atoms with Crippen LogP contribution in [0, 0.1) is 0 Å².